The number of aryl methyl sites for hydroxylation is 1. The summed E-state index contributed by atoms with van der Waals surface area (Å²) in [7, 11) is 0. The number of nitrogens with two attached hydrogens (primary N) is 1. The minimum absolute atomic E-state index is 0.368. The smallest absolute Gasteiger partial charge is 0.142 e. The lowest BCUT2D eigenvalue weighted by atomic mass is 10.1. The molecule has 0 aromatic heterocycles. The van der Waals surface area contributed by atoms with Gasteiger partial charge in [0.05, 0.1) is 11.8 Å². The number of rotatable bonds is 3. The summed E-state index contributed by atoms with van der Waals surface area (Å²) in [6.45, 7) is 2.14. The Bertz CT molecular complexity index is 354. The van der Waals surface area contributed by atoms with Crippen molar-refractivity contribution in [2.75, 3.05) is 5.73 Å². The molecule has 1 aromatic rings. The highest BCUT2D eigenvalue weighted by Gasteiger charge is 2.14. The van der Waals surface area contributed by atoms with Gasteiger partial charge in [0.25, 0.3) is 0 Å². The number of ether oxygens (including phenoxy) is 1. The van der Waals surface area contributed by atoms with Gasteiger partial charge in [-0.15, -0.1) is 0 Å². The normalized spacial score (nSPS) is 17.7. The zero-order chi connectivity index (χ0) is 12.1. The van der Waals surface area contributed by atoms with E-state index < -0.39 is 0 Å². The molecule has 17 heavy (non-hydrogen) atoms. The Morgan fingerprint density at radius 2 is 1.88 bits per heavy atom. The van der Waals surface area contributed by atoms with E-state index in [2.05, 4.69) is 13.0 Å². The first-order chi connectivity index (χ1) is 8.29. The summed E-state index contributed by atoms with van der Waals surface area (Å²) in [6.07, 6.45) is 9.02. The second kappa shape index (κ2) is 5.95. The van der Waals surface area contributed by atoms with Gasteiger partial charge in [-0.25, -0.2) is 0 Å². The molecule has 1 aromatic carbocycles. The fourth-order valence-corrected chi connectivity index (χ4v) is 2.46. The number of hydrogen-bond acceptors (Lipinski definition) is 2. The molecule has 1 saturated carbocycles. The third kappa shape index (κ3) is 3.39. The topological polar surface area (TPSA) is 35.2 Å². The Kier molecular flexibility index (Phi) is 4.29. The van der Waals surface area contributed by atoms with Gasteiger partial charge in [-0.05, 0) is 49.8 Å². The molecule has 94 valence electrons. The second-order valence-electron chi connectivity index (χ2n) is 4.96. The maximum Gasteiger partial charge on any atom is 0.142 e. The van der Waals surface area contributed by atoms with Crippen molar-refractivity contribution in [2.24, 2.45) is 0 Å². The lowest BCUT2D eigenvalue weighted by Gasteiger charge is -2.18. The standard InChI is InChI=1S/C15H23NO/c1-2-12-9-10-15(14(16)11-12)17-13-7-5-3-4-6-8-13/h9-11,13H,2-8,16H2,1H3. The van der Waals surface area contributed by atoms with Crippen LogP contribution in [-0.4, -0.2) is 6.10 Å². The fraction of sp³-hybridized carbons (Fsp3) is 0.600. The van der Waals surface area contributed by atoms with Gasteiger partial charge in [0.1, 0.15) is 5.75 Å². The van der Waals surface area contributed by atoms with E-state index in [1.54, 1.807) is 0 Å². The predicted molar refractivity (Wildman–Crippen MR) is 72.4 cm³/mol. The van der Waals surface area contributed by atoms with Crippen LogP contribution in [0.1, 0.15) is 51.0 Å². The molecule has 0 radical (unpaired) electrons. The molecule has 0 saturated heterocycles. The van der Waals surface area contributed by atoms with Crippen LogP contribution in [0.3, 0.4) is 0 Å². The molecule has 2 heteroatoms. The molecule has 1 fully saturated rings. The molecule has 0 heterocycles. The molecule has 2 rings (SSSR count). The van der Waals surface area contributed by atoms with Crippen molar-refractivity contribution < 1.29 is 4.74 Å². The first-order valence-corrected chi connectivity index (χ1v) is 6.84. The summed E-state index contributed by atoms with van der Waals surface area (Å²) < 4.78 is 6.04. The first kappa shape index (κ1) is 12.3. The molecular weight excluding hydrogens is 210 g/mol. The molecule has 0 amide bonds. The first-order valence-electron chi connectivity index (χ1n) is 6.84. The lowest BCUT2D eigenvalue weighted by molar-refractivity contribution is 0.185. The van der Waals surface area contributed by atoms with Gasteiger partial charge < -0.3 is 10.5 Å². The minimum Gasteiger partial charge on any atom is -0.488 e. The molecular formula is C15H23NO. The van der Waals surface area contributed by atoms with Gasteiger partial charge in [0.15, 0.2) is 0 Å². The number of nitrogen functional groups attached to an aromatic ring is 1. The van der Waals surface area contributed by atoms with Gasteiger partial charge in [0, 0.05) is 0 Å². The minimum atomic E-state index is 0.368. The quantitative estimate of drug-likeness (QED) is 0.634. The van der Waals surface area contributed by atoms with Crippen LogP contribution in [0.15, 0.2) is 18.2 Å². The maximum atomic E-state index is 6.04. The zero-order valence-electron chi connectivity index (χ0n) is 10.7. The van der Waals surface area contributed by atoms with Crippen molar-refractivity contribution in [3.63, 3.8) is 0 Å². The van der Waals surface area contributed by atoms with Gasteiger partial charge >= 0.3 is 0 Å². The lowest BCUT2D eigenvalue weighted by Crippen LogP contribution is -2.16. The molecule has 0 bridgehead atoms. The van der Waals surface area contributed by atoms with E-state index in [1.807, 2.05) is 12.1 Å². The van der Waals surface area contributed by atoms with Crippen molar-refractivity contribution in [1.29, 1.82) is 0 Å². The molecule has 1 aliphatic rings. The summed E-state index contributed by atoms with van der Waals surface area (Å²) in [4.78, 5) is 0. The summed E-state index contributed by atoms with van der Waals surface area (Å²) in [5, 5.41) is 0. The van der Waals surface area contributed by atoms with Gasteiger partial charge in [-0.2, -0.15) is 0 Å². The Balaban J connectivity index is 2.01. The van der Waals surface area contributed by atoms with E-state index >= 15 is 0 Å². The SMILES string of the molecule is CCc1ccc(OC2CCCCCC2)c(N)c1. The van der Waals surface area contributed by atoms with Crippen LogP contribution in [0.5, 0.6) is 5.75 Å². The van der Waals surface area contributed by atoms with Crippen molar-refractivity contribution in [3.8, 4) is 5.75 Å². The Morgan fingerprint density at radius 1 is 1.18 bits per heavy atom. The fourth-order valence-electron chi connectivity index (χ4n) is 2.46. The van der Waals surface area contributed by atoms with E-state index in [1.165, 1.54) is 44.1 Å². The van der Waals surface area contributed by atoms with Crippen LogP contribution >= 0.6 is 0 Å². The third-order valence-electron chi connectivity index (χ3n) is 3.58. The van der Waals surface area contributed by atoms with Crippen LogP contribution in [0.25, 0.3) is 0 Å². The molecule has 2 N–H and O–H groups in total. The van der Waals surface area contributed by atoms with Crippen molar-refractivity contribution in [3.05, 3.63) is 23.8 Å². The van der Waals surface area contributed by atoms with Crippen LogP contribution in [0.2, 0.25) is 0 Å². The van der Waals surface area contributed by atoms with E-state index in [9.17, 15) is 0 Å². The monoisotopic (exact) mass is 233 g/mol. The van der Waals surface area contributed by atoms with Crippen LogP contribution in [-0.2, 0) is 6.42 Å². The average Bonchev–Trinajstić information content (AvgIpc) is 2.60. The van der Waals surface area contributed by atoms with Gasteiger partial charge in [-0.3, -0.25) is 0 Å². The molecule has 2 nitrogen and oxygen atoms in total. The Morgan fingerprint density at radius 3 is 2.47 bits per heavy atom. The number of anilines is 1. The highest BCUT2D eigenvalue weighted by molar-refractivity contribution is 5.54. The van der Waals surface area contributed by atoms with Crippen LogP contribution in [0, 0.1) is 0 Å². The zero-order valence-corrected chi connectivity index (χ0v) is 10.7. The predicted octanol–water partition coefficient (Wildman–Crippen LogP) is 3.93. The van der Waals surface area contributed by atoms with Crippen LogP contribution in [0.4, 0.5) is 5.69 Å². The largest absolute Gasteiger partial charge is 0.488 e. The summed E-state index contributed by atoms with van der Waals surface area (Å²) in [6, 6.07) is 6.17. The second-order valence-corrected chi connectivity index (χ2v) is 4.96. The van der Waals surface area contributed by atoms with Crippen LogP contribution < -0.4 is 10.5 Å². The van der Waals surface area contributed by atoms with Gasteiger partial charge in [0.2, 0.25) is 0 Å². The van der Waals surface area contributed by atoms with Crippen molar-refractivity contribution in [2.45, 2.75) is 58.0 Å². The Labute approximate surface area is 104 Å². The van der Waals surface area contributed by atoms with E-state index in [4.69, 9.17) is 10.5 Å². The molecule has 0 aliphatic heterocycles. The highest BCUT2D eigenvalue weighted by Crippen LogP contribution is 2.27. The van der Waals surface area contributed by atoms with E-state index in [0.29, 0.717) is 6.10 Å². The third-order valence-corrected chi connectivity index (χ3v) is 3.58. The van der Waals surface area contributed by atoms with E-state index in [-0.39, 0.29) is 0 Å². The molecule has 0 spiro atoms. The summed E-state index contributed by atoms with van der Waals surface area (Å²) >= 11 is 0. The highest BCUT2D eigenvalue weighted by atomic mass is 16.5. The van der Waals surface area contributed by atoms with E-state index in [0.717, 1.165) is 17.9 Å². The number of hydrogen-bond donors (Lipinski definition) is 1. The summed E-state index contributed by atoms with van der Waals surface area (Å²) in [5.74, 6) is 0.870. The van der Waals surface area contributed by atoms with Crippen molar-refractivity contribution in [1.82, 2.24) is 0 Å². The van der Waals surface area contributed by atoms with Gasteiger partial charge in [-0.1, -0.05) is 25.8 Å². The average molecular weight is 233 g/mol. The molecule has 1 aliphatic carbocycles. The maximum absolute atomic E-state index is 6.04. The number of benzene rings is 1. The Hall–Kier alpha value is -1.18. The molecule has 0 unspecified atom stereocenters. The van der Waals surface area contributed by atoms with Crippen molar-refractivity contribution >= 4 is 5.69 Å². The molecule has 0 atom stereocenters. The summed E-state index contributed by atoms with van der Waals surface area (Å²) in [5.41, 5.74) is 8.09.